The second-order valence-corrected chi connectivity index (χ2v) is 11.3. The molecule has 0 saturated heterocycles. The Morgan fingerprint density at radius 2 is 1.79 bits per heavy atom. The average Bonchev–Trinajstić information content (AvgIpc) is 2.91. The Morgan fingerprint density at radius 1 is 1.05 bits per heavy atom. The summed E-state index contributed by atoms with van der Waals surface area (Å²) in [5.74, 6) is -0.130. The number of amides is 2. The number of ether oxygens (including phenoxy) is 1. The van der Waals surface area contributed by atoms with Crippen molar-refractivity contribution >= 4 is 23.6 Å². The van der Waals surface area contributed by atoms with Crippen LogP contribution >= 0.6 is 11.6 Å². The van der Waals surface area contributed by atoms with Crippen molar-refractivity contribution in [3.05, 3.63) is 94.8 Å². The van der Waals surface area contributed by atoms with Crippen LogP contribution in [0.2, 0.25) is 5.02 Å². The fourth-order valence-corrected chi connectivity index (χ4v) is 5.31. The van der Waals surface area contributed by atoms with Gasteiger partial charge in [0.2, 0.25) is 0 Å². The first-order valence-electron chi connectivity index (χ1n) is 13.0. The molecule has 1 N–H and O–H groups in total. The third-order valence-corrected chi connectivity index (χ3v) is 7.24. The van der Waals surface area contributed by atoms with E-state index in [4.69, 9.17) is 16.3 Å². The maximum Gasteiger partial charge on any atom is 0.407 e. The SMILES string of the molecule is CC(C)(C)OC(=O)NCC1(c2cccc(Cl)c2)CCC(N(Cc2ccccc2)C(=O)c2cccnn2)CC1. The molecule has 0 bridgehead atoms. The third kappa shape index (κ3) is 7.10. The predicted molar refractivity (Wildman–Crippen MR) is 148 cm³/mol. The number of rotatable bonds is 7. The van der Waals surface area contributed by atoms with Gasteiger partial charge in [-0.25, -0.2) is 4.79 Å². The van der Waals surface area contributed by atoms with Crippen LogP contribution in [0.25, 0.3) is 0 Å². The molecule has 0 spiro atoms. The molecule has 1 fully saturated rings. The highest BCUT2D eigenvalue weighted by Crippen LogP contribution is 2.41. The topological polar surface area (TPSA) is 84.4 Å². The summed E-state index contributed by atoms with van der Waals surface area (Å²) in [5, 5.41) is 11.7. The second-order valence-electron chi connectivity index (χ2n) is 10.9. The minimum atomic E-state index is -0.580. The first-order chi connectivity index (χ1) is 18.2. The van der Waals surface area contributed by atoms with Gasteiger partial charge < -0.3 is 15.0 Å². The molecule has 1 aliphatic rings. The van der Waals surface area contributed by atoms with E-state index in [-0.39, 0.29) is 17.4 Å². The molecule has 0 radical (unpaired) electrons. The Kier molecular flexibility index (Phi) is 8.67. The molecular formula is C30H35ClN4O3. The van der Waals surface area contributed by atoms with E-state index in [1.54, 1.807) is 18.3 Å². The molecule has 0 aliphatic heterocycles. The van der Waals surface area contributed by atoms with Gasteiger partial charge in [-0.05, 0) is 81.8 Å². The number of halogens is 1. The summed E-state index contributed by atoms with van der Waals surface area (Å²) < 4.78 is 5.50. The van der Waals surface area contributed by atoms with Gasteiger partial charge in [0.25, 0.3) is 5.91 Å². The highest BCUT2D eigenvalue weighted by Gasteiger charge is 2.40. The Bertz CT molecular complexity index is 1220. The number of alkyl carbamates (subject to hydrolysis) is 1. The quantitative estimate of drug-likeness (QED) is 0.391. The Hall–Kier alpha value is -3.45. The van der Waals surface area contributed by atoms with E-state index in [1.807, 2.05) is 74.2 Å². The molecule has 38 heavy (non-hydrogen) atoms. The minimum absolute atomic E-state index is 0.0125. The van der Waals surface area contributed by atoms with E-state index < -0.39 is 11.7 Å². The Morgan fingerprint density at radius 3 is 2.42 bits per heavy atom. The third-order valence-electron chi connectivity index (χ3n) is 7.01. The zero-order valence-electron chi connectivity index (χ0n) is 22.2. The van der Waals surface area contributed by atoms with Gasteiger partial charge in [0.1, 0.15) is 5.60 Å². The lowest BCUT2D eigenvalue weighted by molar-refractivity contribution is 0.0483. The fraction of sp³-hybridized carbons (Fsp3) is 0.400. The van der Waals surface area contributed by atoms with Crippen molar-refractivity contribution in [3.8, 4) is 0 Å². The van der Waals surface area contributed by atoms with Gasteiger partial charge in [0.05, 0.1) is 0 Å². The first-order valence-corrected chi connectivity index (χ1v) is 13.4. The summed E-state index contributed by atoms with van der Waals surface area (Å²) in [6, 6.07) is 21.3. The predicted octanol–water partition coefficient (Wildman–Crippen LogP) is 6.18. The molecule has 8 heteroatoms. The fourth-order valence-electron chi connectivity index (χ4n) is 5.12. The van der Waals surface area contributed by atoms with Crippen molar-refractivity contribution in [2.24, 2.45) is 0 Å². The van der Waals surface area contributed by atoms with E-state index in [0.29, 0.717) is 23.8 Å². The van der Waals surface area contributed by atoms with Gasteiger partial charge in [-0.15, -0.1) is 5.10 Å². The largest absolute Gasteiger partial charge is 0.444 e. The van der Waals surface area contributed by atoms with E-state index in [1.165, 1.54) is 0 Å². The highest BCUT2D eigenvalue weighted by atomic mass is 35.5. The molecule has 1 aromatic heterocycles. The lowest BCUT2D eigenvalue weighted by Gasteiger charge is -2.44. The van der Waals surface area contributed by atoms with Gasteiger partial charge in [-0.2, -0.15) is 5.10 Å². The maximum absolute atomic E-state index is 13.6. The van der Waals surface area contributed by atoms with Crippen LogP contribution in [0.15, 0.2) is 72.9 Å². The second kappa shape index (κ2) is 11.9. The first kappa shape index (κ1) is 27.6. The van der Waals surface area contributed by atoms with E-state index in [9.17, 15) is 9.59 Å². The highest BCUT2D eigenvalue weighted by molar-refractivity contribution is 6.30. The molecule has 2 amide bonds. The molecule has 4 rings (SSSR count). The van der Waals surface area contributed by atoms with Gasteiger partial charge in [-0.3, -0.25) is 4.79 Å². The molecule has 1 aliphatic carbocycles. The monoisotopic (exact) mass is 534 g/mol. The van der Waals surface area contributed by atoms with Gasteiger partial charge in [0, 0.05) is 35.8 Å². The molecule has 7 nitrogen and oxygen atoms in total. The number of carbonyl (C=O) groups excluding carboxylic acids is 2. The van der Waals surface area contributed by atoms with E-state index in [0.717, 1.165) is 36.8 Å². The Labute approximate surface area is 229 Å². The molecular weight excluding hydrogens is 500 g/mol. The summed E-state index contributed by atoms with van der Waals surface area (Å²) in [4.78, 5) is 28.1. The van der Waals surface area contributed by atoms with Crippen LogP contribution in [0.4, 0.5) is 4.79 Å². The molecule has 1 saturated carbocycles. The van der Waals surface area contributed by atoms with Crippen molar-refractivity contribution in [2.45, 2.75) is 70.1 Å². The lowest BCUT2D eigenvalue weighted by atomic mass is 9.67. The van der Waals surface area contributed by atoms with Crippen molar-refractivity contribution in [1.29, 1.82) is 0 Å². The van der Waals surface area contributed by atoms with Crippen LogP contribution in [0, 0.1) is 0 Å². The van der Waals surface area contributed by atoms with Crippen LogP contribution in [0.5, 0.6) is 0 Å². The van der Waals surface area contributed by atoms with E-state index in [2.05, 4.69) is 21.6 Å². The number of hydrogen-bond donors (Lipinski definition) is 1. The summed E-state index contributed by atoms with van der Waals surface area (Å²) in [5.41, 5.74) is 1.56. The Balaban J connectivity index is 1.56. The van der Waals surface area contributed by atoms with Crippen molar-refractivity contribution < 1.29 is 14.3 Å². The van der Waals surface area contributed by atoms with Gasteiger partial charge in [-0.1, -0.05) is 54.1 Å². The average molecular weight is 535 g/mol. The smallest absolute Gasteiger partial charge is 0.407 e. The standard InChI is InChI=1S/C30H35ClN4O3/c1-29(2,3)38-28(37)32-21-30(23-11-7-12-24(31)19-23)16-14-25(15-17-30)35(20-22-9-5-4-6-10-22)27(36)26-13-8-18-33-34-26/h4-13,18-19,25H,14-17,20-21H2,1-3H3,(H,32,37). The summed E-state index contributed by atoms with van der Waals surface area (Å²) in [7, 11) is 0. The zero-order chi connectivity index (χ0) is 27.2. The number of nitrogens with zero attached hydrogens (tertiary/aromatic N) is 3. The van der Waals surface area contributed by atoms with Crippen molar-refractivity contribution in [3.63, 3.8) is 0 Å². The maximum atomic E-state index is 13.6. The molecule has 0 atom stereocenters. The van der Waals surface area contributed by atoms with E-state index >= 15 is 0 Å². The van der Waals surface area contributed by atoms with Crippen LogP contribution in [0.3, 0.4) is 0 Å². The number of nitrogens with one attached hydrogen (secondary N) is 1. The normalized spacial score (nSPS) is 19.4. The van der Waals surface area contributed by atoms with Gasteiger partial charge >= 0.3 is 6.09 Å². The number of benzene rings is 2. The minimum Gasteiger partial charge on any atom is -0.444 e. The van der Waals surface area contributed by atoms with Crippen molar-refractivity contribution in [2.75, 3.05) is 6.54 Å². The molecule has 3 aromatic rings. The number of aromatic nitrogens is 2. The zero-order valence-corrected chi connectivity index (χ0v) is 22.9. The van der Waals surface area contributed by atoms with Crippen LogP contribution < -0.4 is 5.32 Å². The summed E-state index contributed by atoms with van der Waals surface area (Å²) in [6.07, 6.45) is 4.20. The van der Waals surface area contributed by atoms with Crippen LogP contribution in [-0.4, -0.2) is 45.3 Å². The summed E-state index contributed by atoms with van der Waals surface area (Å²) >= 11 is 6.38. The molecule has 200 valence electrons. The number of carbonyl (C=O) groups is 2. The van der Waals surface area contributed by atoms with Crippen LogP contribution in [0.1, 0.15) is 68.1 Å². The van der Waals surface area contributed by atoms with Crippen LogP contribution in [-0.2, 0) is 16.7 Å². The number of hydrogen-bond acceptors (Lipinski definition) is 5. The molecule has 2 aromatic carbocycles. The lowest BCUT2D eigenvalue weighted by Crippen LogP contribution is -2.49. The van der Waals surface area contributed by atoms with Gasteiger partial charge in [0.15, 0.2) is 5.69 Å². The molecule has 1 heterocycles. The summed E-state index contributed by atoms with van der Waals surface area (Å²) in [6.45, 7) is 6.45. The van der Waals surface area contributed by atoms with Crippen molar-refractivity contribution in [1.82, 2.24) is 20.4 Å². The molecule has 0 unspecified atom stereocenters.